The molecule has 3 rings (SSSR count). The van der Waals surface area contributed by atoms with Gasteiger partial charge in [0.05, 0.1) is 23.0 Å². The van der Waals surface area contributed by atoms with Gasteiger partial charge in [-0.25, -0.2) is 5.43 Å². The maximum Gasteiger partial charge on any atom is 0.265 e. The van der Waals surface area contributed by atoms with Gasteiger partial charge in [0, 0.05) is 17.9 Å². The van der Waals surface area contributed by atoms with Crippen molar-refractivity contribution in [1.82, 2.24) is 5.43 Å². The lowest BCUT2D eigenvalue weighted by molar-refractivity contribution is -0.121. The highest BCUT2D eigenvalue weighted by Gasteiger charge is 2.29. The van der Waals surface area contributed by atoms with Gasteiger partial charge in [-0.2, -0.15) is 0 Å². The summed E-state index contributed by atoms with van der Waals surface area (Å²) in [5, 5.41) is 2.37. The van der Waals surface area contributed by atoms with Crippen molar-refractivity contribution in [3.63, 3.8) is 0 Å². The first-order valence-corrected chi connectivity index (χ1v) is 8.99. The molecule has 0 bridgehead atoms. The number of para-hydroxylation sites is 1. The molecule has 138 valence electrons. The van der Waals surface area contributed by atoms with Crippen LogP contribution < -0.4 is 15.1 Å². The molecule has 0 saturated heterocycles. The molecule has 0 spiro atoms. The van der Waals surface area contributed by atoms with E-state index in [0.29, 0.717) is 4.91 Å². The summed E-state index contributed by atoms with van der Waals surface area (Å²) in [6, 6.07) is 14.9. The Morgan fingerprint density at radius 2 is 1.96 bits per heavy atom. The van der Waals surface area contributed by atoms with Crippen molar-refractivity contribution in [3.8, 4) is 5.75 Å². The van der Waals surface area contributed by atoms with Crippen LogP contribution in [0.4, 0.5) is 5.69 Å². The monoisotopic (exact) mass is 383 g/mol. The van der Waals surface area contributed by atoms with Crippen LogP contribution in [0, 0.1) is 4.91 Å². The molecule has 0 fully saturated rings. The van der Waals surface area contributed by atoms with Crippen LogP contribution in [0.3, 0.4) is 0 Å². The lowest BCUT2D eigenvalue weighted by atomic mass is 10.2. The van der Waals surface area contributed by atoms with Crippen molar-refractivity contribution in [2.75, 3.05) is 18.6 Å². The highest BCUT2D eigenvalue weighted by atomic mass is 32.2. The second-order valence-corrected chi connectivity index (χ2v) is 6.77. The van der Waals surface area contributed by atoms with Crippen LogP contribution in [0.25, 0.3) is 6.08 Å². The van der Waals surface area contributed by atoms with Crippen LogP contribution in [0.5, 0.6) is 5.75 Å². The number of nitroso groups, excluding NO2 is 1. The number of hydrogen-bond donors (Lipinski definition) is 1. The van der Waals surface area contributed by atoms with Gasteiger partial charge in [0.15, 0.2) is 0 Å². The van der Waals surface area contributed by atoms with Gasteiger partial charge in [-0.15, -0.1) is 4.91 Å². The number of nitrogens with zero attached hydrogens (tertiary/aromatic N) is 2. The first kappa shape index (κ1) is 18.7. The van der Waals surface area contributed by atoms with Crippen molar-refractivity contribution in [1.29, 1.82) is 0 Å². The molecular weight excluding hydrogens is 366 g/mol. The lowest BCUT2D eigenvalue weighted by Gasteiger charge is -2.30. The molecule has 0 unspecified atom stereocenters. The van der Waals surface area contributed by atoms with E-state index in [2.05, 4.69) is 5.29 Å². The van der Waals surface area contributed by atoms with Gasteiger partial charge in [-0.1, -0.05) is 36.0 Å². The molecule has 8 heteroatoms. The topological polar surface area (TPSA) is 88.1 Å². The first-order valence-electron chi connectivity index (χ1n) is 8.18. The third kappa shape index (κ3) is 4.35. The predicted molar refractivity (Wildman–Crippen MR) is 104 cm³/mol. The number of methoxy groups -OCH3 is 1. The second kappa shape index (κ2) is 8.50. The molecule has 0 atom stereocenters. The van der Waals surface area contributed by atoms with E-state index in [-0.39, 0.29) is 18.9 Å². The van der Waals surface area contributed by atoms with Gasteiger partial charge >= 0.3 is 0 Å². The quantitative estimate of drug-likeness (QED) is 0.469. The summed E-state index contributed by atoms with van der Waals surface area (Å²) in [4.78, 5) is 37.7. The van der Waals surface area contributed by atoms with E-state index in [9.17, 15) is 14.5 Å². The van der Waals surface area contributed by atoms with Gasteiger partial charge in [-0.05, 0) is 35.9 Å². The van der Waals surface area contributed by atoms with Crippen LogP contribution in [-0.2, 0) is 9.59 Å². The van der Waals surface area contributed by atoms with Crippen molar-refractivity contribution >= 4 is 35.3 Å². The van der Waals surface area contributed by atoms with Gasteiger partial charge < -0.3 is 9.64 Å². The Morgan fingerprint density at radius 1 is 1.22 bits per heavy atom. The van der Waals surface area contributed by atoms with Crippen LogP contribution >= 0.6 is 11.8 Å². The highest BCUT2D eigenvalue weighted by molar-refractivity contribution is 8.04. The minimum absolute atomic E-state index is 0.0215. The normalized spacial score (nSPS) is 14.6. The number of carbonyl (C=O) groups excluding carboxylic acids is 2. The van der Waals surface area contributed by atoms with E-state index < -0.39 is 5.91 Å². The molecule has 1 heterocycles. The minimum Gasteiger partial charge on any atom is -0.497 e. The number of thioether (sulfide) groups is 1. The van der Waals surface area contributed by atoms with Crippen LogP contribution in [0.15, 0.2) is 63.6 Å². The number of rotatable bonds is 6. The summed E-state index contributed by atoms with van der Waals surface area (Å²) in [5.74, 6) is 0.0112. The first-order chi connectivity index (χ1) is 13.1. The van der Waals surface area contributed by atoms with Crippen LogP contribution in [-0.4, -0.2) is 25.5 Å². The lowest BCUT2D eigenvalue weighted by Crippen LogP contribution is -2.37. The number of hydrogen-bond acceptors (Lipinski definition) is 6. The van der Waals surface area contributed by atoms with E-state index in [1.54, 1.807) is 12.0 Å². The fraction of sp³-hybridized carbons (Fsp3) is 0.158. The summed E-state index contributed by atoms with van der Waals surface area (Å²) >= 11 is 1.39. The molecule has 0 aromatic heterocycles. The number of amides is 2. The van der Waals surface area contributed by atoms with E-state index in [4.69, 9.17) is 4.74 Å². The molecule has 1 aliphatic rings. The Kier molecular flexibility index (Phi) is 5.87. The minimum atomic E-state index is -0.533. The maximum atomic E-state index is 13.0. The SMILES string of the molecule is COc1ccc(/C=C2\Sc3ccccc3N(CCC(=O)NN=O)C2=O)cc1. The summed E-state index contributed by atoms with van der Waals surface area (Å²) in [5.41, 5.74) is 3.46. The summed E-state index contributed by atoms with van der Waals surface area (Å²) in [7, 11) is 1.60. The Hall–Kier alpha value is -3.13. The smallest absolute Gasteiger partial charge is 0.265 e. The average molecular weight is 383 g/mol. The molecular formula is C19H17N3O4S. The third-order valence-electron chi connectivity index (χ3n) is 3.98. The van der Waals surface area contributed by atoms with Gasteiger partial charge in [0.2, 0.25) is 5.91 Å². The number of ether oxygens (including phenoxy) is 1. The summed E-state index contributed by atoms with van der Waals surface area (Å²) in [6.45, 7) is 0.151. The maximum absolute atomic E-state index is 13.0. The van der Waals surface area contributed by atoms with Gasteiger partial charge in [0.1, 0.15) is 5.75 Å². The molecule has 2 aromatic rings. The van der Waals surface area contributed by atoms with Crippen molar-refractivity contribution < 1.29 is 14.3 Å². The molecule has 27 heavy (non-hydrogen) atoms. The van der Waals surface area contributed by atoms with E-state index in [1.165, 1.54) is 11.8 Å². The molecule has 1 N–H and O–H groups in total. The molecule has 2 amide bonds. The Labute approximate surface area is 160 Å². The van der Waals surface area contributed by atoms with Crippen LogP contribution in [0.2, 0.25) is 0 Å². The van der Waals surface area contributed by atoms with Crippen molar-refractivity contribution in [2.24, 2.45) is 5.29 Å². The number of fused-ring (bicyclic) bond motifs is 1. The van der Waals surface area contributed by atoms with Crippen LogP contribution in [0.1, 0.15) is 12.0 Å². The zero-order valence-corrected chi connectivity index (χ0v) is 15.4. The Morgan fingerprint density at radius 3 is 2.67 bits per heavy atom. The molecule has 0 radical (unpaired) electrons. The molecule has 0 saturated carbocycles. The number of benzene rings is 2. The molecule has 2 aromatic carbocycles. The van der Waals surface area contributed by atoms with Gasteiger partial charge in [0.25, 0.3) is 5.91 Å². The number of anilines is 1. The van der Waals surface area contributed by atoms with Crippen molar-refractivity contribution in [2.45, 2.75) is 11.3 Å². The summed E-state index contributed by atoms with van der Waals surface area (Å²) in [6.07, 6.45) is 1.79. The van der Waals surface area contributed by atoms with Gasteiger partial charge in [-0.3, -0.25) is 9.59 Å². The molecule has 0 aliphatic carbocycles. The third-order valence-corrected chi connectivity index (χ3v) is 5.06. The molecule has 7 nitrogen and oxygen atoms in total. The average Bonchev–Trinajstić information content (AvgIpc) is 2.69. The fourth-order valence-electron chi connectivity index (χ4n) is 2.66. The Balaban J connectivity index is 1.88. The second-order valence-electron chi connectivity index (χ2n) is 5.68. The Bertz CT molecular complexity index is 896. The highest BCUT2D eigenvalue weighted by Crippen LogP contribution is 2.42. The molecule has 1 aliphatic heterocycles. The van der Waals surface area contributed by atoms with E-state index in [0.717, 1.165) is 21.9 Å². The summed E-state index contributed by atoms with van der Waals surface area (Å²) < 4.78 is 5.15. The zero-order chi connectivity index (χ0) is 19.2. The number of nitrogens with one attached hydrogen (secondary N) is 1. The fourth-order valence-corrected chi connectivity index (χ4v) is 3.71. The number of carbonyl (C=O) groups is 2. The standard InChI is InChI=1S/C19H17N3O4S/c1-26-14-8-6-13(7-9-14)12-17-19(24)22(11-10-18(23)20-21-25)15-4-2-3-5-16(15)27-17/h2-9,12H,10-11H2,1H3,(H,20,23,25)/b17-12-. The van der Waals surface area contributed by atoms with E-state index >= 15 is 0 Å². The van der Waals surface area contributed by atoms with Crippen molar-refractivity contribution in [3.05, 3.63) is 63.9 Å². The zero-order valence-electron chi connectivity index (χ0n) is 14.5. The predicted octanol–water partition coefficient (Wildman–Crippen LogP) is 3.36. The van der Waals surface area contributed by atoms with E-state index in [1.807, 2.05) is 60.0 Å². The largest absolute Gasteiger partial charge is 0.497 e.